The normalized spacial score (nSPS) is 15.3. The van der Waals surface area contributed by atoms with Gasteiger partial charge in [-0.05, 0) is 26.0 Å². The summed E-state index contributed by atoms with van der Waals surface area (Å²) in [5, 5.41) is 3.00. The smallest absolute Gasteiger partial charge is 0.221 e. The van der Waals surface area contributed by atoms with Crippen LogP contribution >= 0.6 is 0 Å². The molecule has 0 amide bonds. The summed E-state index contributed by atoms with van der Waals surface area (Å²) < 4.78 is 11.9. The number of nitrogens with one attached hydrogen (secondary N) is 1. The molecular formula is C16H18N2O2. The molecule has 2 aromatic rings. The summed E-state index contributed by atoms with van der Waals surface area (Å²) in [6, 6.07) is 11.6. The zero-order chi connectivity index (χ0) is 14.2. The summed E-state index contributed by atoms with van der Waals surface area (Å²) in [7, 11) is 1.83. The van der Waals surface area contributed by atoms with Gasteiger partial charge in [0.1, 0.15) is 11.4 Å². The fourth-order valence-electron chi connectivity index (χ4n) is 2.39. The third kappa shape index (κ3) is 2.41. The van der Waals surface area contributed by atoms with Gasteiger partial charge in [0, 0.05) is 25.1 Å². The van der Waals surface area contributed by atoms with E-state index >= 15 is 0 Å². The van der Waals surface area contributed by atoms with E-state index in [9.17, 15) is 0 Å². The second-order valence-electron chi connectivity index (χ2n) is 5.50. The van der Waals surface area contributed by atoms with Crippen LogP contribution in [0, 0.1) is 0 Å². The van der Waals surface area contributed by atoms with E-state index < -0.39 is 0 Å². The van der Waals surface area contributed by atoms with Crippen LogP contribution in [-0.2, 0) is 6.42 Å². The summed E-state index contributed by atoms with van der Waals surface area (Å²) >= 11 is 0. The van der Waals surface area contributed by atoms with E-state index in [0.29, 0.717) is 11.6 Å². The number of pyridine rings is 1. The maximum absolute atomic E-state index is 5.99. The van der Waals surface area contributed by atoms with Crippen molar-refractivity contribution in [1.29, 1.82) is 0 Å². The number of hydrogen-bond acceptors (Lipinski definition) is 4. The lowest BCUT2D eigenvalue weighted by molar-refractivity contribution is 0.135. The van der Waals surface area contributed by atoms with Crippen molar-refractivity contribution >= 4 is 5.82 Å². The Hall–Kier alpha value is -2.23. The molecule has 1 aliphatic heterocycles. The van der Waals surface area contributed by atoms with Gasteiger partial charge in [-0.25, -0.2) is 0 Å². The van der Waals surface area contributed by atoms with Crippen molar-refractivity contribution in [2.24, 2.45) is 0 Å². The van der Waals surface area contributed by atoms with Crippen LogP contribution in [0.2, 0.25) is 0 Å². The van der Waals surface area contributed by atoms with Crippen LogP contribution in [-0.4, -0.2) is 17.6 Å². The van der Waals surface area contributed by atoms with Crippen LogP contribution in [0.5, 0.6) is 17.4 Å². The third-order valence-corrected chi connectivity index (χ3v) is 3.25. The number of aromatic nitrogens is 1. The first kappa shape index (κ1) is 12.8. The van der Waals surface area contributed by atoms with Gasteiger partial charge in [-0.3, -0.25) is 0 Å². The molecule has 4 nitrogen and oxygen atoms in total. The lowest BCUT2D eigenvalue weighted by Crippen LogP contribution is -2.24. The SMILES string of the molecule is CNc1cccc(Oc2cccc3c2OC(C)(C)C3)n1. The van der Waals surface area contributed by atoms with Crippen LogP contribution in [0.4, 0.5) is 5.82 Å². The first-order chi connectivity index (χ1) is 9.57. The highest BCUT2D eigenvalue weighted by Gasteiger charge is 2.32. The molecule has 0 unspecified atom stereocenters. The second-order valence-corrected chi connectivity index (χ2v) is 5.50. The fraction of sp³-hybridized carbons (Fsp3) is 0.312. The average molecular weight is 270 g/mol. The second kappa shape index (κ2) is 4.71. The molecule has 1 N–H and O–H groups in total. The summed E-state index contributed by atoms with van der Waals surface area (Å²) in [5.74, 6) is 2.87. The molecule has 0 bridgehead atoms. The number of hydrogen-bond donors (Lipinski definition) is 1. The number of para-hydroxylation sites is 1. The molecule has 0 saturated carbocycles. The van der Waals surface area contributed by atoms with Crippen LogP contribution < -0.4 is 14.8 Å². The minimum atomic E-state index is -0.179. The summed E-state index contributed by atoms with van der Waals surface area (Å²) in [6.45, 7) is 4.16. The Morgan fingerprint density at radius 1 is 1.20 bits per heavy atom. The highest BCUT2D eigenvalue weighted by Crippen LogP contribution is 2.43. The molecule has 0 saturated heterocycles. The molecule has 4 heteroatoms. The third-order valence-electron chi connectivity index (χ3n) is 3.25. The number of anilines is 1. The first-order valence-electron chi connectivity index (χ1n) is 6.71. The van der Waals surface area contributed by atoms with E-state index in [1.54, 1.807) is 0 Å². The van der Waals surface area contributed by atoms with Gasteiger partial charge in [0.05, 0.1) is 0 Å². The molecular weight excluding hydrogens is 252 g/mol. The molecule has 20 heavy (non-hydrogen) atoms. The molecule has 1 aromatic heterocycles. The zero-order valence-electron chi connectivity index (χ0n) is 11.9. The zero-order valence-corrected chi connectivity index (χ0v) is 11.9. The molecule has 104 valence electrons. The van der Waals surface area contributed by atoms with Crippen LogP contribution in [0.25, 0.3) is 0 Å². The van der Waals surface area contributed by atoms with Crippen molar-refractivity contribution in [3.8, 4) is 17.4 Å². The Labute approximate surface area is 118 Å². The Morgan fingerprint density at radius 2 is 2.00 bits per heavy atom. The number of rotatable bonds is 3. The van der Waals surface area contributed by atoms with Crippen molar-refractivity contribution in [1.82, 2.24) is 4.98 Å². The average Bonchev–Trinajstić information content (AvgIpc) is 2.74. The van der Waals surface area contributed by atoms with E-state index in [2.05, 4.69) is 30.2 Å². The number of nitrogens with zero attached hydrogens (tertiary/aromatic N) is 1. The Morgan fingerprint density at radius 3 is 2.80 bits per heavy atom. The van der Waals surface area contributed by atoms with Crippen LogP contribution in [0.15, 0.2) is 36.4 Å². The summed E-state index contributed by atoms with van der Waals surface area (Å²) in [6.07, 6.45) is 0.892. The molecule has 1 aliphatic rings. The van der Waals surface area contributed by atoms with E-state index in [4.69, 9.17) is 9.47 Å². The number of ether oxygens (including phenoxy) is 2. The van der Waals surface area contributed by atoms with Crippen LogP contribution in [0.1, 0.15) is 19.4 Å². The van der Waals surface area contributed by atoms with Gasteiger partial charge < -0.3 is 14.8 Å². The predicted molar refractivity (Wildman–Crippen MR) is 78.7 cm³/mol. The molecule has 1 aromatic carbocycles. The number of fused-ring (bicyclic) bond motifs is 1. The molecule has 0 spiro atoms. The first-order valence-corrected chi connectivity index (χ1v) is 6.71. The van der Waals surface area contributed by atoms with E-state index in [0.717, 1.165) is 18.0 Å². The highest BCUT2D eigenvalue weighted by atomic mass is 16.5. The van der Waals surface area contributed by atoms with Gasteiger partial charge >= 0.3 is 0 Å². The Bertz CT molecular complexity index is 638. The van der Waals surface area contributed by atoms with E-state index in [-0.39, 0.29) is 5.60 Å². The minimum Gasteiger partial charge on any atom is -0.483 e. The predicted octanol–water partition coefficient (Wildman–Crippen LogP) is 3.63. The van der Waals surface area contributed by atoms with Crippen molar-refractivity contribution in [3.05, 3.63) is 42.0 Å². The van der Waals surface area contributed by atoms with Crippen molar-refractivity contribution in [2.75, 3.05) is 12.4 Å². The maximum atomic E-state index is 5.99. The molecule has 3 rings (SSSR count). The number of benzene rings is 1. The van der Waals surface area contributed by atoms with Gasteiger partial charge in [-0.15, -0.1) is 0 Å². The van der Waals surface area contributed by atoms with E-state index in [1.165, 1.54) is 5.56 Å². The van der Waals surface area contributed by atoms with Crippen molar-refractivity contribution < 1.29 is 9.47 Å². The standard InChI is InChI=1S/C16H18N2O2/c1-16(2)10-11-6-4-7-12(15(11)20-16)19-14-9-5-8-13(17-3)18-14/h4-9H,10H2,1-3H3,(H,17,18). The summed E-state index contributed by atoms with van der Waals surface area (Å²) in [5.41, 5.74) is 1.000. The van der Waals surface area contributed by atoms with Gasteiger partial charge in [-0.2, -0.15) is 4.98 Å². The molecule has 0 atom stereocenters. The quantitative estimate of drug-likeness (QED) is 0.925. The van der Waals surface area contributed by atoms with E-state index in [1.807, 2.05) is 37.4 Å². The molecule has 0 aliphatic carbocycles. The highest BCUT2D eigenvalue weighted by molar-refractivity contribution is 5.51. The monoisotopic (exact) mass is 270 g/mol. The van der Waals surface area contributed by atoms with Gasteiger partial charge in [0.15, 0.2) is 11.5 Å². The van der Waals surface area contributed by atoms with Crippen LogP contribution in [0.3, 0.4) is 0 Å². The molecule has 2 heterocycles. The van der Waals surface area contributed by atoms with Gasteiger partial charge in [0.25, 0.3) is 0 Å². The Balaban J connectivity index is 1.91. The van der Waals surface area contributed by atoms with Gasteiger partial charge in [0.2, 0.25) is 5.88 Å². The molecule has 0 radical (unpaired) electrons. The van der Waals surface area contributed by atoms with Crippen molar-refractivity contribution in [3.63, 3.8) is 0 Å². The topological polar surface area (TPSA) is 43.4 Å². The lowest BCUT2D eigenvalue weighted by atomic mass is 10.0. The minimum absolute atomic E-state index is 0.179. The van der Waals surface area contributed by atoms with Crippen molar-refractivity contribution in [2.45, 2.75) is 25.9 Å². The largest absolute Gasteiger partial charge is 0.483 e. The van der Waals surface area contributed by atoms with Gasteiger partial charge in [-0.1, -0.05) is 18.2 Å². The fourth-order valence-corrected chi connectivity index (χ4v) is 2.39. The maximum Gasteiger partial charge on any atom is 0.221 e. The Kier molecular flexibility index (Phi) is 3.01. The summed E-state index contributed by atoms with van der Waals surface area (Å²) in [4.78, 5) is 4.36. The lowest BCUT2D eigenvalue weighted by Gasteiger charge is -2.18. The molecule has 0 fully saturated rings.